The number of aliphatic hydroxyl groups excluding tert-OH is 1. The largest absolute Gasteiger partial charge is 0.396 e. The number of nitrogens with one attached hydrogen (secondary N) is 2. The van der Waals surface area contributed by atoms with Crippen molar-refractivity contribution in [1.29, 1.82) is 0 Å². The van der Waals surface area contributed by atoms with E-state index in [9.17, 15) is 8.42 Å². The van der Waals surface area contributed by atoms with Gasteiger partial charge in [-0.2, -0.15) is 0 Å². The van der Waals surface area contributed by atoms with Crippen molar-refractivity contribution >= 4 is 39.8 Å². The smallest absolute Gasteiger partial charge is 0.191 e. The average Bonchev–Trinajstić information content (AvgIpc) is 2.59. The Morgan fingerprint density at radius 1 is 1.15 bits per heavy atom. The van der Waals surface area contributed by atoms with E-state index in [0.717, 1.165) is 43.8 Å². The predicted octanol–water partition coefficient (Wildman–Crippen LogP) is 2.60. The van der Waals surface area contributed by atoms with Gasteiger partial charge >= 0.3 is 0 Å². The van der Waals surface area contributed by atoms with Crippen LogP contribution >= 0.6 is 24.0 Å². The van der Waals surface area contributed by atoms with Gasteiger partial charge in [-0.3, -0.25) is 4.99 Å². The molecule has 27 heavy (non-hydrogen) atoms. The van der Waals surface area contributed by atoms with Gasteiger partial charge in [0.25, 0.3) is 0 Å². The third kappa shape index (κ3) is 10.9. The molecule has 1 atom stereocenters. The number of aliphatic hydroxyl groups is 1. The van der Waals surface area contributed by atoms with Gasteiger partial charge in [-0.1, -0.05) is 25.5 Å². The minimum atomic E-state index is -3.15. The maximum atomic E-state index is 11.5. The predicted molar refractivity (Wildman–Crippen MR) is 123 cm³/mol. The number of halogens is 1. The van der Waals surface area contributed by atoms with E-state index < -0.39 is 9.84 Å². The molecule has 0 amide bonds. The van der Waals surface area contributed by atoms with Crippen LogP contribution in [0, 0.1) is 5.92 Å². The van der Waals surface area contributed by atoms with E-state index in [0.29, 0.717) is 23.9 Å². The quantitative estimate of drug-likeness (QED) is 0.242. The van der Waals surface area contributed by atoms with E-state index in [-0.39, 0.29) is 30.6 Å². The lowest BCUT2D eigenvalue weighted by atomic mass is 10.0. The zero-order chi connectivity index (χ0) is 19.4. The van der Waals surface area contributed by atoms with Crippen molar-refractivity contribution in [2.45, 2.75) is 44.4 Å². The summed E-state index contributed by atoms with van der Waals surface area (Å²) in [6.07, 6.45) is 4.93. The fraction of sp³-hybridized carbons (Fsp3) is 0.632. The summed E-state index contributed by atoms with van der Waals surface area (Å²) in [5.74, 6) is 1.18. The summed E-state index contributed by atoms with van der Waals surface area (Å²) in [5, 5.41) is 15.7. The van der Waals surface area contributed by atoms with Crippen molar-refractivity contribution in [3.63, 3.8) is 0 Å². The van der Waals surface area contributed by atoms with Gasteiger partial charge in [0, 0.05) is 32.5 Å². The fourth-order valence-electron chi connectivity index (χ4n) is 2.71. The van der Waals surface area contributed by atoms with E-state index in [2.05, 4.69) is 22.5 Å². The third-order valence-electron chi connectivity index (χ3n) is 4.14. The Hall–Kier alpha value is -0.870. The van der Waals surface area contributed by atoms with E-state index in [1.54, 1.807) is 12.1 Å². The molecule has 0 aromatic heterocycles. The Bertz CT molecular complexity index is 643. The van der Waals surface area contributed by atoms with E-state index >= 15 is 0 Å². The topological polar surface area (TPSA) is 90.8 Å². The summed E-state index contributed by atoms with van der Waals surface area (Å²) in [4.78, 5) is 4.98. The summed E-state index contributed by atoms with van der Waals surface area (Å²) < 4.78 is 23.0. The van der Waals surface area contributed by atoms with Gasteiger partial charge in [-0.25, -0.2) is 8.42 Å². The van der Waals surface area contributed by atoms with Crippen LogP contribution in [0.15, 0.2) is 34.2 Å². The fourth-order valence-corrected chi connectivity index (χ4v) is 3.34. The molecule has 156 valence electrons. The van der Waals surface area contributed by atoms with Gasteiger partial charge < -0.3 is 15.7 Å². The van der Waals surface area contributed by atoms with Crippen LogP contribution in [-0.2, 0) is 16.3 Å². The standard InChI is InChI=1S/C19H33N3O3S.HI/c1-4-6-17(12-14-23)15-22-19(20-5-2)21-13-11-16-7-9-18(10-8-16)26(3,24)25;/h7-10,17,23H,4-6,11-15H2,1-3H3,(H2,20,21,22);1H. The first-order valence-electron chi connectivity index (χ1n) is 9.32. The van der Waals surface area contributed by atoms with Gasteiger partial charge in [0.15, 0.2) is 15.8 Å². The number of nitrogens with zero attached hydrogens (tertiary/aromatic N) is 1. The molecule has 0 saturated heterocycles. The molecule has 6 nitrogen and oxygen atoms in total. The summed E-state index contributed by atoms with van der Waals surface area (Å²) >= 11 is 0. The minimum absolute atomic E-state index is 0. The number of sulfone groups is 1. The Labute approximate surface area is 181 Å². The number of rotatable bonds is 11. The molecule has 8 heteroatoms. The molecule has 0 bridgehead atoms. The summed E-state index contributed by atoms with van der Waals surface area (Å²) in [6, 6.07) is 6.99. The lowest BCUT2D eigenvalue weighted by Gasteiger charge is -2.15. The Balaban J connectivity index is 0.00000676. The van der Waals surface area contributed by atoms with E-state index in [4.69, 9.17) is 5.11 Å². The molecule has 1 unspecified atom stereocenters. The van der Waals surface area contributed by atoms with Gasteiger partial charge in [0.1, 0.15) is 0 Å². The van der Waals surface area contributed by atoms with Crippen LogP contribution in [0.3, 0.4) is 0 Å². The number of hydrogen-bond acceptors (Lipinski definition) is 4. The summed E-state index contributed by atoms with van der Waals surface area (Å²) in [6.45, 7) is 6.57. The molecule has 1 rings (SSSR count). The van der Waals surface area contributed by atoms with Crippen molar-refractivity contribution in [2.75, 3.05) is 32.5 Å². The Morgan fingerprint density at radius 2 is 1.81 bits per heavy atom. The van der Waals surface area contributed by atoms with Gasteiger partial charge in [-0.05, 0) is 49.8 Å². The van der Waals surface area contributed by atoms with Crippen molar-refractivity contribution < 1.29 is 13.5 Å². The highest BCUT2D eigenvalue weighted by molar-refractivity contribution is 14.0. The van der Waals surface area contributed by atoms with Crippen molar-refractivity contribution in [3.8, 4) is 0 Å². The van der Waals surface area contributed by atoms with Crippen LogP contribution in [0.1, 0.15) is 38.7 Å². The maximum Gasteiger partial charge on any atom is 0.191 e. The van der Waals surface area contributed by atoms with E-state index in [1.165, 1.54) is 6.26 Å². The van der Waals surface area contributed by atoms with Crippen molar-refractivity contribution in [2.24, 2.45) is 10.9 Å². The molecular weight excluding hydrogens is 477 g/mol. The third-order valence-corrected chi connectivity index (χ3v) is 5.27. The molecule has 0 heterocycles. The molecule has 0 fully saturated rings. The lowest BCUT2D eigenvalue weighted by molar-refractivity contribution is 0.253. The first-order valence-corrected chi connectivity index (χ1v) is 11.2. The van der Waals surface area contributed by atoms with Crippen LogP contribution in [0.2, 0.25) is 0 Å². The molecule has 0 aliphatic carbocycles. The highest BCUT2D eigenvalue weighted by Gasteiger charge is 2.08. The Morgan fingerprint density at radius 3 is 2.33 bits per heavy atom. The highest BCUT2D eigenvalue weighted by atomic mass is 127. The summed E-state index contributed by atoms with van der Waals surface area (Å²) in [7, 11) is -3.15. The monoisotopic (exact) mass is 511 g/mol. The maximum absolute atomic E-state index is 11.5. The molecule has 0 radical (unpaired) electrons. The second-order valence-electron chi connectivity index (χ2n) is 6.48. The van der Waals surface area contributed by atoms with Gasteiger partial charge in [0.05, 0.1) is 4.90 Å². The van der Waals surface area contributed by atoms with Crippen LogP contribution < -0.4 is 10.6 Å². The molecule has 0 spiro atoms. The highest BCUT2D eigenvalue weighted by Crippen LogP contribution is 2.11. The average molecular weight is 511 g/mol. The minimum Gasteiger partial charge on any atom is -0.396 e. The molecule has 0 aliphatic rings. The Kier molecular flexibility index (Phi) is 13.7. The van der Waals surface area contributed by atoms with Gasteiger partial charge in [-0.15, -0.1) is 24.0 Å². The number of guanidine groups is 1. The van der Waals surface area contributed by atoms with E-state index in [1.807, 2.05) is 19.1 Å². The van der Waals surface area contributed by atoms with Crippen LogP contribution in [0.5, 0.6) is 0 Å². The molecule has 1 aromatic carbocycles. The number of benzene rings is 1. The number of hydrogen-bond donors (Lipinski definition) is 3. The molecule has 3 N–H and O–H groups in total. The first-order chi connectivity index (χ1) is 12.4. The van der Waals surface area contributed by atoms with Crippen LogP contribution in [0.25, 0.3) is 0 Å². The molecule has 0 saturated carbocycles. The van der Waals surface area contributed by atoms with Crippen molar-refractivity contribution in [1.82, 2.24) is 10.6 Å². The zero-order valence-corrected chi connectivity index (χ0v) is 19.7. The lowest BCUT2D eigenvalue weighted by Crippen LogP contribution is -2.38. The molecular formula is C19H34IN3O3S. The normalized spacial score (nSPS) is 13.0. The number of aliphatic imine (C=N–C) groups is 1. The SMILES string of the molecule is CCCC(CCO)CN=C(NCC)NCCc1ccc(S(C)(=O)=O)cc1.I. The van der Waals surface area contributed by atoms with Crippen LogP contribution in [0.4, 0.5) is 0 Å². The second kappa shape index (κ2) is 14.2. The zero-order valence-electron chi connectivity index (χ0n) is 16.6. The second-order valence-corrected chi connectivity index (χ2v) is 8.50. The summed E-state index contributed by atoms with van der Waals surface area (Å²) in [5.41, 5.74) is 1.07. The molecule has 1 aromatic rings. The van der Waals surface area contributed by atoms with Gasteiger partial charge in [0.2, 0.25) is 0 Å². The molecule has 0 aliphatic heterocycles. The first kappa shape index (κ1) is 26.1. The van der Waals surface area contributed by atoms with Crippen molar-refractivity contribution in [3.05, 3.63) is 29.8 Å². The van der Waals surface area contributed by atoms with Crippen LogP contribution in [-0.4, -0.2) is 52.0 Å².